The Morgan fingerprint density at radius 2 is 1.89 bits per heavy atom. The second kappa shape index (κ2) is 8.08. The van der Waals surface area contributed by atoms with Crippen molar-refractivity contribution in [3.05, 3.63) is 59.3 Å². The van der Waals surface area contributed by atoms with E-state index in [-0.39, 0.29) is 0 Å². The summed E-state index contributed by atoms with van der Waals surface area (Å²) in [6.45, 7) is 8.64. The van der Waals surface area contributed by atoms with Crippen LogP contribution in [0.3, 0.4) is 0 Å². The van der Waals surface area contributed by atoms with Gasteiger partial charge in [0.2, 0.25) is 0 Å². The summed E-state index contributed by atoms with van der Waals surface area (Å²) in [5.74, 6) is 0.326. The van der Waals surface area contributed by atoms with E-state index in [4.69, 9.17) is 9.47 Å². The Kier molecular flexibility index (Phi) is 5.60. The Hall–Kier alpha value is -3.08. The zero-order valence-electron chi connectivity index (χ0n) is 16.1. The number of benzene rings is 2. The number of aromatic nitrogens is 1. The highest BCUT2D eigenvalue weighted by molar-refractivity contribution is 6.07. The summed E-state index contributed by atoms with van der Waals surface area (Å²) in [7, 11) is 0. The Balaban J connectivity index is 2.22. The van der Waals surface area contributed by atoms with E-state index in [0.717, 1.165) is 33.5 Å². The van der Waals surface area contributed by atoms with Crippen LogP contribution >= 0.6 is 0 Å². The standard InChI is InChI=1S/C22H24N2O3/c1-5-26-19-10-8-7-9-18(19)24-21-16-12-14(3)11-15(4)20(16)23-13-17(21)22(25)27-6-2/h7-13H,5-6H2,1-4H3,(H,23,24). The maximum Gasteiger partial charge on any atom is 0.341 e. The molecule has 0 unspecified atom stereocenters. The molecular formula is C22H24N2O3. The molecule has 1 aromatic heterocycles. The van der Waals surface area contributed by atoms with E-state index in [1.807, 2.05) is 51.1 Å². The summed E-state index contributed by atoms with van der Waals surface area (Å²) in [5, 5.41) is 4.28. The summed E-state index contributed by atoms with van der Waals surface area (Å²) in [6.07, 6.45) is 1.58. The van der Waals surface area contributed by atoms with E-state index in [1.54, 1.807) is 13.1 Å². The zero-order chi connectivity index (χ0) is 19.4. The second-order valence-electron chi connectivity index (χ2n) is 6.30. The number of hydrogen-bond donors (Lipinski definition) is 1. The van der Waals surface area contributed by atoms with Crippen LogP contribution < -0.4 is 10.1 Å². The van der Waals surface area contributed by atoms with Crippen LogP contribution in [0.1, 0.15) is 35.3 Å². The van der Waals surface area contributed by atoms with Crippen LogP contribution in [0.5, 0.6) is 5.75 Å². The zero-order valence-corrected chi connectivity index (χ0v) is 16.1. The molecule has 2 aromatic carbocycles. The van der Waals surface area contributed by atoms with Crippen molar-refractivity contribution < 1.29 is 14.3 Å². The number of ether oxygens (including phenoxy) is 2. The average Bonchev–Trinajstić information content (AvgIpc) is 2.64. The van der Waals surface area contributed by atoms with Crippen LogP contribution in [-0.2, 0) is 4.74 Å². The number of nitrogens with zero attached hydrogens (tertiary/aromatic N) is 1. The molecule has 1 heterocycles. The molecule has 0 spiro atoms. The normalized spacial score (nSPS) is 10.7. The van der Waals surface area contributed by atoms with Crippen molar-refractivity contribution in [2.75, 3.05) is 18.5 Å². The molecule has 0 aliphatic rings. The van der Waals surface area contributed by atoms with Gasteiger partial charge < -0.3 is 14.8 Å². The third kappa shape index (κ3) is 3.87. The maximum atomic E-state index is 12.5. The van der Waals surface area contributed by atoms with Crippen molar-refractivity contribution in [3.8, 4) is 5.75 Å². The highest BCUT2D eigenvalue weighted by Gasteiger charge is 2.19. The number of para-hydroxylation sites is 2. The van der Waals surface area contributed by atoms with Gasteiger partial charge in [0.1, 0.15) is 11.3 Å². The van der Waals surface area contributed by atoms with Gasteiger partial charge in [-0.05, 0) is 51.5 Å². The smallest absolute Gasteiger partial charge is 0.341 e. The first kappa shape index (κ1) is 18.7. The number of esters is 1. The Labute approximate surface area is 159 Å². The Morgan fingerprint density at radius 3 is 2.63 bits per heavy atom. The lowest BCUT2D eigenvalue weighted by atomic mass is 10.0. The van der Waals surface area contributed by atoms with Gasteiger partial charge in [-0.25, -0.2) is 4.79 Å². The number of carbonyl (C=O) groups excluding carboxylic acids is 1. The van der Waals surface area contributed by atoms with Crippen molar-refractivity contribution in [3.63, 3.8) is 0 Å². The molecular weight excluding hydrogens is 340 g/mol. The van der Waals surface area contributed by atoms with Gasteiger partial charge in [0.05, 0.1) is 30.1 Å². The van der Waals surface area contributed by atoms with Crippen molar-refractivity contribution in [1.29, 1.82) is 0 Å². The molecule has 0 amide bonds. The molecule has 140 valence electrons. The summed E-state index contributed by atoms with van der Waals surface area (Å²) in [6, 6.07) is 11.8. The number of carbonyl (C=O) groups is 1. The van der Waals surface area contributed by atoms with Crippen LogP contribution in [0.2, 0.25) is 0 Å². The van der Waals surface area contributed by atoms with Gasteiger partial charge in [0.15, 0.2) is 0 Å². The minimum Gasteiger partial charge on any atom is -0.492 e. The van der Waals surface area contributed by atoms with Crippen LogP contribution in [0.4, 0.5) is 11.4 Å². The molecule has 27 heavy (non-hydrogen) atoms. The van der Waals surface area contributed by atoms with Crippen molar-refractivity contribution >= 4 is 28.2 Å². The van der Waals surface area contributed by atoms with Crippen LogP contribution in [0.15, 0.2) is 42.6 Å². The Bertz CT molecular complexity index is 983. The van der Waals surface area contributed by atoms with E-state index in [0.29, 0.717) is 24.5 Å². The minimum absolute atomic E-state index is 0.304. The lowest BCUT2D eigenvalue weighted by Gasteiger charge is -2.17. The SMILES string of the molecule is CCOC(=O)c1cnc2c(C)cc(C)cc2c1Nc1ccccc1OCC. The highest BCUT2D eigenvalue weighted by atomic mass is 16.5. The summed E-state index contributed by atoms with van der Waals surface area (Å²) in [4.78, 5) is 17.1. The van der Waals surface area contributed by atoms with E-state index in [2.05, 4.69) is 16.4 Å². The van der Waals surface area contributed by atoms with E-state index in [1.165, 1.54) is 0 Å². The second-order valence-corrected chi connectivity index (χ2v) is 6.30. The van der Waals surface area contributed by atoms with Crippen molar-refractivity contribution in [2.45, 2.75) is 27.7 Å². The number of rotatable bonds is 6. The van der Waals surface area contributed by atoms with Gasteiger partial charge in [0, 0.05) is 11.6 Å². The van der Waals surface area contributed by atoms with Gasteiger partial charge in [-0.1, -0.05) is 23.8 Å². The molecule has 5 heteroatoms. The first-order valence-corrected chi connectivity index (χ1v) is 9.11. The largest absolute Gasteiger partial charge is 0.492 e. The number of aryl methyl sites for hydroxylation is 2. The fraction of sp³-hybridized carbons (Fsp3) is 0.273. The van der Waals surface area contributed by atoms with Gasteiger partial charge >= 0.3 is 5.97 Å². The topological polar surface area (TPSA) is 60.5 Å². The molecule has 0 atom stereocenters. The molecule has 0 saturated carbocycles. The molecule has 1 N–H and O–H groups in total. The first-order valence-electron chi connectivity index (χ1n) is 9.11. The van der Waals surface area contributed by atoms with Crippen LogP contribution in [-0.4, -0.2) is 24.2 Å². The number of fused-ring (bicyclic) bond motifs is 1. The number of nitrogens with one attached hydrogen (secondary N) is 1. The fourth-order valence-electron chi connectivity index (χ4n) is 3.14. The van der Waals surface area contributed by atoms with Gasteiger partial charge in [-0.2, -0.15) is 0 Å². The van der Waals surface area contributed by atoms with E-state index in [9.17, 15) is 4.79 Å². The van der Waals surface area contributed by atoms with Crippen LogP contribution in [0.25, 0.3) is 10.9 Å². The summed E-state index contributed by atoms with van der Waals surface area (Å²) in [5.41, 5.74) is 4.88. The van der Waals surface area contributed by atoms with Crippen molar-refractivity contribution in [1.82, 2.24) is 4.98 Å². The predicted octanol–water partition coefficient (Wildman–Crippen LogP) is 5.17. The minimum atomic E-state index is -0.401. The number of pyridine rings is 1. The lowest BCUT2D eigenvalue weighted by Crippen LogP contribution is -2.10. The summed E-state index contributed by atoms with van der Waals surface area (Å²) < 4.78 is 11.0. The number of anilines is 2. The quantitative estimate of drug-likeness (QED) is 0.611. The molecule has 0 bridgehead atoms. The molecule has 0 saturated heterocycles. The van der Waals surface area contributed by atoms with Gasteiger partial charge in [-0.3, -0.25) is 4.98 Å². The molecule has 0 radical (unpaired) electrons. The monoisotopic (exact) mass is 364 g/mol. The lowest BCUT2D eigenvalue weighted by molar-refractivity contribution is 0.0527. The molecule has 0 fully saturated rings. The van der Waals surface area contributed by atoms with Crippen molar-refractivity contribution in [2.24, 2.45) is 0 Å². The highest BCUT2D eigenvalue weighted by Crippen LogP contribution is 2.35. The molecule has 0 aliphatic carbocycles. The molecule has 3 rings (SSSR count). The summed E-state index contributed by atoms with van der Waals surface area (Å²) >= 11 is 0. The molecule has 0 aliphatic heterocycles. The third-order valence-corrected chi connectivity index (χ3v) is 4.25. The van der Waals surface area contributed by atoms with Gasteiger partial charge in [-0.15, -0.1) is 0 Å². The fourth-order valence-corrected chi connectivity index (χ4v) is 3.14. The molecule has 5 nitrogen and oxygen atoms in total. The predicted molar refractivity (Wildman–Crippen MR) is 108 cm³/mol. The maximum absolute atomic E-state index is 12.5. The first-order chi connectivity index (χ1) is 13.0. The van der Waals surface area contributed by atoms with Gasteiger partial charge in [0.25, 0.3) is 0 Å². The van der Waals surface area contributed by atoms with Crippen LogP contribution in [0, 0.1) is 13.8 Å². The van der Waals surface area contributed by atoms with E-state index >= 15 is 0 Å². The number of hydrogen-bond acceptors (Lipinski definition) is 5. The third-order valence-electron chi connectivity index (χ3n) is 4.25. The van der Waals surface area contributed by atoms with E-state index < -0.39 is 5.97 Å². The average molecular weight is 364 g/mol. The molecule has 3 aromatic rings. The Morgan fingerprint density at radius 1 is 1.11 bits per heavy atom.